The maximum absolute atomic E-state index is 11.8. The van der Waals surface area contributed by atoms with Crippen LogP contribution in [0, 0.1) is 0 Å². The molecular formula is C22H17N7O. The third-order valence-corrected chi connectivity index (χ3v) is 4.84. The third-order valence-electron chi connectivity index (χ3n) is 4.84. The fourth-order valence-electron chi connectivity index (χ4n) is 3.35. The number of nitrogens with zero attached hydrogens (tertiary/aromatic N) is 6. The molecule has 8 nitrogen and oxygen atoms in total. The van der Waals surface area contributed by atoms with Crippen LogP contribution in [-0.4, -0.2) is 29.3 Å². The second kappa shape index (κ2) is 6.93. The molecule has 5 aromatic rings. The number of nitrogens with two attached hydrogens (primary N) is 1. The zero-order valence-corrected chi connectivity index (χ0v) is 16.1. The molecule has 3 heterocycles. The SMILES string of the molecule is Cn1nc(-c2nc(-n3cnc4ccccc43)c(N)nc2-c2ccccc2)ccc1=O. The number of hydrogen-bond donors (Lipinski definition) is 1. The van der Waals surface area contributed by atoms with E-state index in [1.54, 1.807) is 24.0 Å². The molecule has 0 bridgehead atoms. The quantitative estimate of drug-likeness (QED) is 0.504. The average molecular weight is 395 g/mol. The number of aromatic nitrogens is 6. The standard InChI is InChI=1S/C22H17N7O/c1-28-18(30)12-11-16(27-28)20-19(14-7-3-2-4-8-14)25-21(23)22(26-20)29-13-24-15-9-5-6-10-17(15)29/h2-13H,1H3,(H2,23,25). The van der Waals surface area contributed by atoms with Gasteiger partial charge < -0.3 is 5.73 Å². The van der Waals surface area contributed by atoms with Crippen LogP contribution in [-0.2, 0) is 7.05 Å². The molecule has 0 fully saturated rings. The number of rotatable bonds is 3. The van der Waals surface area contributed by atoms with Gasteiger partial charge in [-0.15, -0.1) is 0 Å². The van der Waals surface area contributed by atoms with Crippen LogP contribution in [0.2, 0.25) is 0 Å². The molecule has 2 aromatic carbocycles. The number of imidazole rings is 1. The zero-order chi connectivity index (χ0) is 20.7. The molecule has 0 unspecified atom stereocenters. The highest BCUT2D eigenvalue weighted by molar-refractivity contribution is 5.81. The van der Waals surface area contributed by atoms with E-state index in [1.807, 2.05) is 54.6 Å². The predicted molar refractivity (Wildman–Crippen MR) is 115 cm³/mol. The monoisotopic (exact) mass is 395 g/mol. The second-order valence-electron chi connectivity index (χ2n) is 6.78. The summed E-state index contributed by atoms with van der Waals surface area (Å²) in [5.74, 6) is 0.722. The van der Waals surface area contributed by atoms with Gasteiger partial charge >= 0.3 is 0 Å². The van der Waals surface area contributed by atoms with Crippen molar-refractivity contribution in [2.45, 2.75) is 0 Å². The Bertz CT molecular complexity index is 1440. The second-order valence-corrected chi connectivity index (χ2v) is 6.78. The lowest BCUT2D eigenvalue weighted by Crippen LogP contribution is -2.19. The average Bonchev–Trinajstić information content (AvgIpc) is 3.20. The highest BCUT2D eigenvalue weighted by Gasteiger charge is 2.19. The van der Waals surface area contributed by atoms with Crippen LogP contribution in [0.5, 0.6) is 0 Å². The Hall–Kier alpha value is -4.33. The molecule has 0 aliphatic heterocycles. The molecule has 146 valence electrons. The van der Waals surface area contributed by atoms with E-state index in [0.29, 0.717) is 22.9 Å². The van der Waals surface area contributed by atoms with Crippen molar-refractivity contribution in [3.8, 4) is 28.5 Å². The molecule has 0 saturated carbocycles. The highest BCUT2D eigenvalue weighted by atomic mass is 16.1. The lowest BCUT2D eigenvalue weighted by atomic mass is 10.1. The van der Waals surface area contributed by atoms with Gasteiger partial charge in [-0.25, -0.2) is 19.6 Å². The number of hydrogen-bond acceptors (Lipinski definition) is 6. The maximum Gasteiger partial charge on any atom is 0.266 e. The Kier molecular flexibility index (Phi) is 4.10. The summed E-state index contributed by atoms with van der Waals surface area (Å²) in [6, 6.07) is 20.4. The molecule has 2 N–H and O–H groups in total. The van der Waals surface area contributed by atoms with E-state index in [0.717, 1.165) is 16.6 Å². The van der Waals surface area contributed by atoms with Crippen LogP contribution in [0.3, 0.4) is 0 Å². The number of anilines is 1. The smallest absolute Gasteiger partial charge is 0.266 e. The van der Waals surface area contributed by atoms with Crippen molar-refractivity contribution in [3.05, 3.63) is 83.4 Å². The number of fused-ring (bicyclic) bond motifs is 1. The van der Waals surface area contributed by atoms with Gasteiger partial charge in [-0.1, -0.05) is 42.5 Å². The Morgan fingerprint density at radius 1 is 0.867 bits per heavy atom. The van der Waals surface area contributed by atoms with Gasteiger partial charge in [-0.3, -0.25) is 9.36 Å². The summed E-state index contributed by atoms with van der Waals surface area (Å²) in [6.45, 7) is 0. The van der Waals surface area contributed by atoms with Crippen LogP contribution < -0.4 is 11.3 Å². The van der Waals surface area contributed by atoms with Crippen LogP contribution in [0.4, 0.5) is 5.82 Å². The van der Waals surface area contributed by atoms with Crippen molar-refractivity contribution in [1.82, 2.24) is 29.3 Å². The van der Waals surface area contributed by atoms with Crippen molar-refractivity contribution in [2.24, 2.45) is 7.05 Å². The summed E-state index contributed by atoms with van der Waals surface area (Å²) in [6.07, 6.45) is 1.67. The first kappa shape index (κ1) is 17.7. The van der Waals surface area contributed by atoms with Crippen molar-refractivity contribution in [3.63, 3.8) is 0 Å². The van der Waals surface area contributed by atoms with E-state index in [4.69, 9.17) is 10.7 Å². The molecule has 5 rings (SSSR count). The fourth-order valence-corrected chi connectivity index (χ4v) is 3.35. The number of aryl methyl sites for hydroxylation is 1. The minimum Gasteiger partial charge on any atom is -0.381 e. The lowest BCUT2D eigenvalue weighted by molar-refractivity contribution is 0.710. The molecule has 0 radical (unpaired) electrons. The molecule has 0 atom stereocenters. The molecule has 0 amide bonds. The normalized spacial score (nSPS) is 11.1. The Labute approximate surface area is 171 Å². The van der Waals surface area contributed by atoms with Crippen molar-refractivity contribution in [2.75, 3.05) is 5.73 Å². The molecule has 0 saturated heterocycles. The largest absolute Gasteiger partial charge is 0.381 e. The summed E-state index contributed by atoms with van der Waals surface area (Å²) in [4.78, 5) is 25.8. The Morgan fingerprint density at radius 2 is 1.63 bits per heavy atom. The molecule has 8 heteroatoms. The van der Waals surface area contributed by atoms with E-state index >= 15 is 0 Å². The Balaban J connectivity index is 1.80. The molecule has 0 aliphatic rings. The van der Waals surface area contributed by atoms with Gasteiger partial charge in [0.1, 0.15) is 23.4 Å². The molecule has 30 heavy (non-hydrogen) atoms. The number of para-hydroxylation sites is 2. The van der Waals surface area contributed by atoms with Gasteiger partial charge in [0.25, 0.3) is 5.56 Å². The first-order valence-corrected chi connectivity index (χ1v) is 9.32. The van der Waals surface area contributed by atoms with Crippen molar-refractivity contribution >= 4 is 16.9 Å². The molecular weight excluding hydrogens is 378 g/mol. The number of nitrogen functional groups attached to an aromatic ring is 1. The first-order valence-electron chi connectivity index (χ1n) is 9.32. The molecule has 0 aliphatic carbocycles. The zero-order valence-electron chi connectivity index (χ0n) is 16.1. The van der Waals surface area contributed by atoms with Gasteiger partial charge in [-0.05, 0) is 18.2 Å². The summed E-state index contributed by atoms with van der Waals surface area (Å²) in [5.41, 5.74) is 10.3. The minimum absolute atomic E-state index is 0.204. The van der Waals surface area contributed by atoms with Gasteiger partial charge in [0.05, 0.1) is 11.0 Å². The predicted octanol–water partition coefficient (Wildman–Crippen LogP) is 2.83. The van der Waals surface area contributed by atoms with E-state index < -0.39 is 0 Å². The Morgan fingerprint density at radius 3 is 2.43 bits per heavy atom. The minimum atomic E-state index is -0.204. The van der Waals surface area contributed by atoms with E-state index in [2.05, 4.69) is 15.1 Å². The van der Waals surface area contributed by atoms with Gasteiger partial charge in [0, 0.05) is 18.7 Å². The van der Waals surface area contributed by atoms with Crippen LogP contribution in [0.25, 0.3) is 39.5 Å². The highest BCUT2D eigenvalue weighted by Crippen LogP contribution is 2.31. The van der Waals surface area contributed by atoms with E-state index in [9.17, 15) is 4.79 Å². The van der Waals surface area contributed by atoms with E-state index in [1.165, 1.54) is 10.7 Å². The van der Waals surface area contributed by atoms with Crippen LogP contribution in [0.1, 0.15) is 0 Å². The summed E-state index contributed by atoms with van der Waals surface area (Å²) < 4.78 is 3.08. The van der Waals surface area contributed by atoms with Gasteiger partial charge in [-0.2, -0.15) is 5.10 Å². The van der Waals surface area contributed by atoms with E-state index in [-0.39, 0.29) is 11.4 Å². The van der Waals surface area contributed by atoms with Gasteiger partial charge in [0.15, 0.2) is 11.6 Å². The maximum atomic E-state index is 11.8. The van der Waals surface area contributed by atoms with Crippen molar-refractivity contribution < 1.29 is 0 Å². The van der Waals surface area contributed by atoms with Crippen LogP contribution >= 0.6 is 0 Å². The van der Waals surface area contributed by atoms with Crippen LogP contribution in [0.15, 0.2) is 77.9 Å². The number of benzene rings is 2. The summed E-state index contributed by atoms with van der Waals surface area (Å²) >= 11 is 0. The fraction of sp³-hybridized carbons (Fsp3) is 0.0455. The van der Waals surface area contributed by atoms with Crippen molar-refractivity contribution in [1.29, 1.82) is 0 Å². The summed E-state index contributed by atoms with van der Waals surface area (Å²) in [7, 11) is 1.60. The topological polar surface area (TPSA) is 105 Å². The summed E-state index contributed by atoms with van der Waals surface area (Å²) in [5, 5.41) is 4.38. The first-order chi connectivity index (χ1) is 14.6. The lowest BCUT2D eigenvalue weighted by Gasteiger charge is -2.13. The third kappa shape index (κ3) is 2.91. The molecule has 0 spiro atoms. The van der Waals surface area contributed by atoms with Gasteiger partial charge in [0.2, 0.25) is 0 Å². The molecule has 3 aromatic heterocycles.